The first kappa shape index (κ1) is 20.4. The van der Waals surface area contributed by atoms with E-state index < -0.39 is 35.9 Å². The van der Waals surface area contributed by atoms with Crippen molar-refractivity contribution >= 4 is 29.1 Å². The van der Waals surface area contributed by atoms with Crippen molar-refractivity contribution in [2.45, 2.75) is 18.2 Å². The third-order valence-corrected chi connectivity index (χ3v) is 6.52. The molecule has 0 spiro atoms. The van der Waals surface area contributed by atoms with Gasteiger partial charge in [-0.25, -0.2) is 4.90 Å². The topological polar surface area (TPSA) is 79.4 Å². The van der Waals surface area contributed by atoms with Gasteiger partial charge in [-0.3, -0.25) is 19.2 Å². The zero-order valence-electron chi connectivity index (χ0n) is 17.8. The van der Waals surface area contributed by atoms with Crippen molar-refractivity contribution in [1.29, 1.82) is 0 Å². The fraction of sp³-hybridized carbons (Fsp3) is 0.292. The fourth-order valence-corrected chi connectivity index (χ4v) is 5.02. The van der Waals surface area contributed by atoms with E-state index in [0.717, 1.165) is 0 Å². The molecule has 0 bridgehead atoms. The molecule has 2 aromatic rings. The zero-order valence-corrected chi connectivity index (χ0v) is 17.8. The lowest BCUT2D eigenvalue weighted by Crippen LogP contribution is -2.68. The molecule has 32 heavy (non-hydrogen) atoms. The van der Waals surface area contributed by atoms with Gasteiger partial charge in [0.1, 0.15) is 5.75 Å². The fourth-order valence-electron chi connectivity index (χ4n) is 5.02. The number of hydrogen-bond donors (Lipinski definition) is 0. The molecule has 3 fully saturated rings. The maximum atomic E-state index is 13.5. The minimum Gasteiger partial charge on any atom is -0.497 e. The second-order valence-corrected chi connectivity index (χ2v) is 8.09. The summed E-state index contributed by atoms with van der Waals surface area (Å²) in [5.74, 6) is -1.36. The number of fused-ring (bicyclic) bond motifs is 1. The number of benzene rings is 2. The van der Waals surface area contributed by atoms with Crippen molar-refractivity contribution in [2.24, 2.45) is 11.8 Å². The van der Waals surface area contributed by atoms with Gasteiger partial charge in [0, 0.05) is 12.7 Å². The number of nitrogens with zero attached hydrogens (tertiary/aromatic N) is 3. The summed E-state index contributed by atoms with van der Waals surface area (Å²) in [5.41, 5.74) is 1.20. The second-order valence-electron chi connectivity index (χ2n) is 8.09. The quantitative estimate of drug-likeness (QED) is 0.408. The third-order valence-electron chi connectivity index (χ3n) is 6.52. The van der Waals surface area contributed by atoms with Gasteiger partial charge in [-0.15, -0.1) is 6.58 Å². The van der Waals surface area contributed by atoms with E-state index in [1.807, 2.05) is 6.07 Å². The standard InChI is InChI=1S/C24H23N3O5/c1-4-17-19(26(22(17)28)15-10-12-16(31-3)13-11-15)20-18-21(32-25(20)2)24(30)27(23(18)29)14-8-6-5-7-9-14/h4-13,17-21H,1H2,2-3H3/t17-,18+,19-,20-,21-/m0/s1. The Morgan fingerprint density at radius 2 is 1.59 bits per heavy atom. The molecule has 0 aromatic heterocycles. The minimum absolute atomic E-state index is 0.108. The molecule has 5 atom stereocenters. The highest BCUT2D eigenvalue weighted by atomic mass is 16.7. The Bertz CT molecular complexity index is 1090. The molecule has 2 aromatic carbocycles. The molecule has 3 heterocycles. The first-order chi connectivity index (χ1) is 15.5. The first-order valence-electron chi connectivity index (χ1n) is 10.4. The van der Waals surface area contributed by atoms with Crippen LogP contribution in [0.1, 0.15) is 0 Å². The van der Waals surface area contributed by atoms with E-state index in [1.54, 1.807) is 78.7 Å². The summed E-state index contributed by atoms with van der Waals surface area (Å²) < 4.78 is 5.21. The molecule has 0 N–H and O–H groups in total. The van der Waals surface area contributed by atoms with E-state index in [9.17, 15) is 14.4 Å². The summed E-state index contributed by atoms with van der Waals surface area (Å²) >= 11 is 0. The van der Waals surface area contributed by atoms with Crippen LogP contribution in [0.4, 0.5) is 11.4 Å². The summed E-state index contributed by atoms with van der Waals surface area (Å²) in [6.45, 7) is 3.83. The van der Waals surface area contributed by atoms with E-state index in [4.69, 9.17) is 9.57 Å². The summed E-state index contributed by atoms with van der Waals surface area (Å²) in [6, 6.07) is 15.1. The van der Waals surface area contributed by atoms with Crippen LogP contribution in [-0.2, 0) is 19.2 Å². The van der Waals surface area contributed by atoms with Crippen molar-refractivity contribution in [3.63, 3.8) is 0 Å². The van der Waals surface area contributed by atoms with E-state index in [1.165, 1.54) is 4.90 Å². The molecule has 0 radical (unpaired) electrons. The number of β-lactam (4-membered cyclic amide) rings is 1. The largest absolute Gasteiger partial charge is 0.497 e. The maximum Gasteiger partial charge on any atom is 0.265 e. The van der Waals surface area contributed by atoms with Gasteiger partial charge in [0.05, 0.1) is 36.7 Å². The SMILES string of the molecule is C=C[C@@H]1C(=O)N(c2ccc(OC)cc2)[C@@H]1[C@@H]1[C@H]2C(=O)N(c3ccccc3)C(=O)[C@H]2ON1C. The lowest BCUT2D eigenvalue weighted by molar-refractivity contribution is -0.165. The Balaban J connectivity index is 1.50. The smallest absolute Gasteiger partial charge is 0.265 e. The summed E-state index contributed by atoms with van der Waals surface area (Å²) in [5, 5.41) is 1.55. The number of rotatable bonds is 5. The molecule has 5 rings (SSSR count). The number of carbonyl (C=O) groups excluding carboxylic acids is 3. The number of methoxy groups -OCH3 is 1. The Morgan fingerprint density at radius 3 is 2.22 bits per heavy atom. The Labute approximate surface area is 185 Å². The molecule has 0 aliphatic carbocycles. The van der Waals surface area contributed by atoms with Gasteiger partial charge in [0.15, 0.2) is 6.10 Å². The van der Waals surface area contributed by atoms with E-state index in [0.29, 0.717) is 17.1 Å². The zero-order chi connectivity index (χ0) is 22.6. The maximum absolute atomic E-state index is 13.5. The molecular weight excluding hydrogens is 410 g/mol. The molecule has 0 saturated carbocycles. The molecule has 3 aliphatic rings. The van der Waals surface area contributed by atoms with Crippen molar-refractivity contribution in [3.05, 3.63) is 67.3 Å². The molecule has 0 unspecified atom stereocenters. The predicted molar refractivity (Wildman–Crippen MR) is 117 cm³/mol. The van der Waals surface area contributed by atoms with Gasteiger partial charge < -0.3 is 9.64 Å². The molecule has 8 heteroatoms. The Kier molecular flexibility index (Phi) is 4.83. The van der Waals surface area contributed by atoms with Crippen LogP contribution < -0.4 is 14.5 Å². The predicted octanol–water partition coefficient (Wildman–Crippen LogP) is 2.02. The lowest BCUT2D eigenvalue weighted by Gasteiger charge is -2.50. The van der Waals surface area contributed by atoms with Crippen LogP contribution in [0, 0.1) is 11.8 Å². The van der Waals surface area contributed by atoms with Crippen LogP contribution in [0.15, 0.2) is 67.3 Å². The molecule has 164 valence electrons. The number of hydrogen-bond acceptors (Lipinski definition) is 6. The molecule has 3 saturated heterocycles. The van der Waals surface area contributed by atoms with Crippen molar-refractivity contribution < 1.29 is 24.0 Å². The third kappa shape index (κ3) is 2.80. The number of likely N-dealkylation sites (N-methyl/N-ethyl adjacent to an activating group) is 1. The summed E-state index contributed by atoms with van der Waals surface area (Å²) in [4.78, 5) is 48.2. The Hall–Kier alpha value is -3.49. The number of carbonyl (C=O) groups is 3. The molecule has 3 aliphatic heterocycles. The van der Waals surface area contributed by atoms with E-state index >= 15 is 0 Å². The Morgan fingerprint density at radius 1 is 0.906 bits per heavy atom. The molecule has 3 amide bonds. The van der Waals surface area contributed by atoms with Crippen molar-refractivity contribution in [3.8, 4) is 5.75 Å². The van der Waals surface area contributed by atoms with Gasteiger partial charge in [-0.2, -0.15) is 5.06 Å². The van der Waals surface area contributed by atoms with E-state index in [2.05, 4.69) is 6.58 Å². The highest BCUT2D eigenvalue weighted by molar-refractivity contribution is 6.23. The van der Waals surface area contributed by atoms with Crippen LogP contribution in [-0.4, -0.2) is 55.1 Å². The number of ether oxygens (including phenoxy) is 1. The normalized spacial score (nSPS) is 29.8. The van der Waals surface area contributed by atoms with Crippen LogP contribution in [0.2, 0.25) is 0 Å². The highest BCUT2D eigenvalue weighted by Crippen LogP contribution is 2.46. The van der Waals surface area contributed by atoms with Gasteiger partial charge in [0.25, 0.3) is 5.91 Å². The lowest BCUT2D eigenvalue weighted by atomic mass is 9.76. The minimum atomic E-state index is -0.920. The number of para-hydroxylation sites is 1. The number of anilines is 2. The molecule has 8 nitrogen and oxygen atoms in total. The first-order valence-corrected chi connectivity index (χ1v) is 10.4. The van der Waals surface area contributed by atoms with Crippen molar-refractivity contribution in [1.82, 2.24) is 5.06 Å². The van der Waals surface area contributed by atoms with Crippen molar-refractivity contribution in [2.75, 3.05) is 24.0 Å². The van der Waals surface area contributed by atoms with Crippen LogP contribution in [0.3, 0.4) is 0 Å². The molecular formula is C24H23N3O5. The van der Waals surface area contributed by atoms with Crippen LogP contribution >= 0.6 is 0 Å². The number of amides is 3. The average molecular weight is 433 g/mol. The number of hydroxylamine groups is 2. The van der Waals surface area contributed by atoms with Gasteiger partial charge in [0.2, 0.25) is 11.8 Å². The second kappa shape index (κ2) is 7.58. The summed E-state index contributed by atoms with van der Waals surface area (Å²) in [6.07, 6.45) is 0.682. The van der Waals surface area contributed by atoms with Crippen LogP contribution in [0.5, 0.6) is 5.75 Å². The average Bonchev–Trinajstić information content (AvgIpc) is 3.26. The summed E-state index contributed by atoms with van der Waals surface area (Å²) in [7, 11) is 3.28. The van der Waals surface area contributed by atoms with Gasteiger partial charge >= 0.3 is 0 Å². The van der Waals surface area contributed by atoms with Crippen LogP contribution in [0.25, 0.3) is 0 Å². The number of imide groups is 1. The van der Waals surface area contributed by atoms with Gasteiger partial charge in [-0.05, 0) is 36.4 Å². The van der Waals surface area contributed by atoms with E-state index in [-0.39, 0.29) is 11.8 Å². The van der Waals surface area contributed by atoms with Gasteiger partial charge in [-0.1, -0.05) is 24.3 Å². The monoisotopic (exact) mass is 433 g/mol. The highest BCUT2D eigenvalue weighted by Gasteiger charge is 2.65.